The number of hydrogen-bond donors (Lipinski definition) is 2. The number of hydrogen-bond acceptors (Lipinski definition) is 3. The molecule has 1 aliphatic rings. The molecule has 0 radical (unpaired) electrons. The molecule has 0 bridgehead atoms. The van der Waals surface area contributed by atoms with Crippen LogP contribution in [0.2, 0.25) is 0 Å². The summed E-state index contributed by atoms with van der Waals surface area (Å²) in [6, 6.07) is 5.37. The van der Waals surface area contributed by atoms with Gasteiger partial charge in [0.1, 0.15) is 0 Å². The van der Waals surface area contributed by atoms with Gasteiger partial charge in [0.2, 0.25) is 10.0 Å². The van der Waals surface area contributed by atoms with Gasteiger partial charge in [-0.2, -0.15) is 0 Å². The van der Waals surface area contributed by atoms with Crippen LogP contribution in [-0.2, 0) is 10.0 Å². The molecule has 1 heterocycles. The Morgan fingerprint density at radius 3 is 2.67 bits per heavy atom. The number of rotatable bonds is 3. The van der Waals surface area contributed by atoms with Crippen molar-refractivity contribution in [3.63, 3.8) is 0 Å². The summed E-state index contributed by atoms with van der Waals surface area (Å²) in [5.41, 5.74) is 0.934. The van der Waals surface area contributed by atoms with Crippen molar-refractivity contribution < 1.29 is 8.42 Å². The van der Waals surface area contributed by atoms with Crippen LogP contribution in [0.25, 0.3) is 0 Å². The molecule has 0 aromatic heterocycles. The molecule has 100 valence electrons. The van der Waals surface area contributed by atoms with Crippen LogP contribution in [0.1, 0.15) is 18.4 Å². The van der Waals surface area contributed by atoms with Crippen molar-refractivity contribution >= 4 is 26.0 Å². The first-order valence-corrected chi connectivity index (χ1v) is 8.26. The quantitative estimate of drug-likeness (QED) is 0.887. The van der Waals surface area contributed by atoms with Gasteiger partial charge in [0.15, 0.2) is 0 Å². The van der Waals surface area contributed by atoms with Crippen molar-refractivity contribution in [1.29, 1.82) is 0 Å². The van der Waals surface area contributed by atoms with E-state index in [1.54, 1.807) is 12.1 Å². The lowest BCUT2D eigenvalue weighted by atomic mass is 10.1. The fraction of sp³-hybridized carbons (Fsp3) is 0.500. The zero-order valence-corrected chi connectivity index (χ0v) is 12.6. The second-order valence-corrected chi connectivity index (χ2v) is 7.12. The highest BCUT2D eigenvalue weighted by Gasteiger charge is 2.23. The summed E-state index contributed by atoms with van der Waals surface area (Å²) in [7, 11) is -3.44. The van der Waals surface area contributed by atoms with Gasteiger partial charge in [0.25, 0.3) is 0 Å². The standard InChI is InChI=1S/C12H17BrN2O2S/c1-9-2-3-11(13)12(8-9)18(16,17)15-10-4-6-14-7-5-10/h2-3,8,10,14-15H,4-7H2,1H3. The average molecular weight is 333 g/mol. The maximum atomic E-state index is 12.3. The van der Waals surface area contributed by atoms with Crippen molar-refractivity contribution in [2.24, 2.45) is 0 Å². The van der Waals surface area contributed by atoms with Gasteiger partial charge in [0.05, 0.1) is 4.90 Å². The smallest absolute Gasteiger partial charge is 0.241 e. The Bertz CT molecular complexity index is 525. The molecule has 0 spiro atoms. The molecule has 1 aliphatic heterocycles. The number of nitrogens with one attached hydrogen (secondary N) is 2. The zero-order chi connectivity index (χ0) is 13.2. The van der Waals surface area contributed by atoms with Gasteiger partial charge in [-0.05, 0) is 66.5 Å². The molecule has 0 amide bonds. The van der Waals surface area contributed by atoms with E-state index in [0.717, 1.165) is 31.5 Å². The average Bonchev–Trinajstić information content (AvgIpc) is 2.33. The number of piperidine rings is 1. The number of aryl methyl sites for hydroxylation is 1. The van der Waals surface area contributed by atoms with Crippen molar-refractivity contribution in [1.82, 2.24) is 10.0 Å². The van der Waals surface area contributed by atoms with Gasteiger partial charge >= 0.3 is 0 Å². The van der Waals surface area contributed by atoms with E-state index in [9.17, 15) is 8.42 Å². The minimum Gasteiger partial charge on any atom is -0.317 e. The van der Waals surface area contributed by atoms with E-state index in [-0.39, 0.29) is 6.04 Å². The number of benzene rings is 1. The lowest BCUT2D eigenvalue weighted by molar-refractivity contribution is 0.427. The Morgan fingerprint density at radius 2 is 2.00 bits per heavy atom. The van der Waals surface area contributed by atoms with E-state index < -0.39 is 10.0 Å². The Labute approximate surface area is 116 Å². The Balaban J connectivity index is 2.21. The van der Waals surface area contributed by atoms with Gasteiger partial charge in [-0.3, -0.25) is 0 Å². The molecule has 6 heteroatoms. The van der Waals surface area contributed by atoms with Gasteiger partial charge in [-0.15, -0.1) is 0 Å². The van der Waals surface area contributed by atoms with Crippen LogP contribution in [0.3, 0.4) is 0 Å². The molecule has 2 rings (SSSR count). The van der Waals surface area contributed by atoms with Gasteiger partial charge in [0, 0.05) is 10.5 Å². The first-order chi connectivity index (χ1) is 8.49. The maximum Gasteiger partial charge on any atom is 0.241 e. The third-order valence-corrected chi connectivity index (χ3v) is 5.55. The van der Waals surface area contributed by atoms with E-state index in [1.807, 2.05) is 13.0 Å². The molecule has 1 aromatic rings. The summed E-state index contributed by atoms with van der Waals surface area (Å²) in [6.45, 7) is 3.61. The molecule has 18 heavy (non-hydrogen) atoms. The summed E-state index contributed by atoms with van der Waals surface area (Å²) in [6.07, 6.45) is 1.67. The van der Waals surface area contributed by atoms with E-state index >= 15 is 0 Å². The van der Waals surface area contributed by atoms with Gasteiger partial charge in [-0.1, -0.05) is 6.07 Å². The zero-order valence-electron chi connectivity index (χ0n) is 10.2. The van der Waals surface area contributed by atoms with Crippen LogP contribution in [-0.4, -0.2) is 27.5 Å². The molecular weight excluding hydrogens is 316 g/mol. The fourth-order valence-corrected chi connectivity index (χ4v) is 4.39. The van der Waals surface area contributed by atoms with Crippen LogP contribution in [0, 0.1) is 6.92 Å². The highest BCUT2D eigenvalue weighted by Crippen LogP contribution is 2.23. The molecule has 0 unspecified atom stereocenters. The van der Waals surface area contributed by atoms with Crippen molar-refractivity contribution in [3.8, 4) is 0 Å². The molecule has 1 aromatic carbocycles. The second kappa shape index (κ2) is 5.69. The minimum absolute atomic E-state index is 0.0312. The van der Waals surface area contributed by atoms with Crippen LogP contribution >= 0.6 is 15.9 Å². The normalized spacial score (nSPS) is 17.9. The second-order valence-electron chi connectivity index (χ2n) is 4.58. The van der Waals surface area contributed by atoms with Crippen molar-refractivity contribution in [2.45, 2.75) is 30.7 Å². The largest absolute Gasteiger partial charge is 0.317 e. The van der Waals surface area contributed by atoms with Crippen molar-refractivity contribution in [2.75, 3.05) is 13.1 Å². The highest BCUT2D eigenvalue weighted by atomic mass is 79.9. The number of halogens is 1. The summed E-state index contributed by atoms with van der Waals surface area (Å²) >= 11 is 3.30. The van der Waals surface area contributed by atoms with Gasteiger partial charge in [-0.25, -0.2) is 13.1 Å². The van der Waals surface area contributed by atoms with E-state index in [0.29, 0.717) is 9.37 Å². The first-order valence-electron chi connectivity index (χ1n) is 5.98. The van der Waals surface area contributed by atoms with E-state index in [1.165, 1.54) is 0 Å². The molecular formula is C12H17BrN2O2S. The molecule has 0 aliphatic carbocycles. The van der Waals surface area contributed by atoms with Crippen LogP contribution in [0.15, 0.2) is 27.6 Å². The Hall–Kier alpha value is -0.430. The summed E-state index contributed by atoms with van der Waals surface area (Å²) in [5.74, 6) is 0. The third-order valence-electron chi connectivity index (χ3n) is 3.04. The van der Waals surface area contributed by atoms with Gasteiger partial charge < -0.3 is 5.32 Å². The predicted octanol–water partition coefficient (Wildman–Crippen LogP) is 1.79. The fourth-order valence-electron chi connectivity index (χ4n) is 2.04. The summed E-state index contributed by atoms with van der Waals surface area (Å²) < 4.78 is 28.0. The van der Waals surface area contributed by atoms with Crippen LogP contribution in [0.5, 0.6) is 0 Å². The monoisotopic (exact) mass is 332 g/mol. The minimum atomic E-state index is -3.44. The first kappa shape index (κ1) is 14.0. The Kier molecular flexibility index (Phi) is 4.42. The molecule has 2 N–H and O–H groups in total. The maximum absolute atomic E-state index is 12.3. The van der Waals surface area contributed by atoms with Crippen LogP contribution in [0.4, 0.5) is 0 Å². The third kappa shape index (κ3) is 3.32. The highest BCUT2D eigenvalue weighted by molar-refractivity contribution is 9.10. The molecule has 1 fully saturated rings. The Morgan fingerprint density at radius 1 is 1.33 bits per heavy atom. The van der Waals surface area contributed by atoms with E-state index in [2.05, 4.69) is 26.0 Å². The van der Waals surface area contributed by atoms with E-state index in [4.69, 9.17) is 0 Å². The SMILES string of the molecule is Cc1ccc(Br)c(S(=O)(=O)NC2CCNCC2)c1. The summed E-state index contributed by atoms with van der Waals surface area (Å²) in [5, 5.41) is 3.22. The number of sulfonamides is 1. The predicted molar refractivity (Wildman–Crippen MR) is 75.1 cm³/mol. The molecule has 0 atom stereocenters. The molecule has 0 saturated carbocycles. The topological polar surface area (TPSA) is 58.2 Å². The van der Waals surface area contributed by atoms with Crippen molar-refractivity contribution in [3.05, 3.63) is 28.2 Å². The van der Waals surface area contributed by atoms with Crippen LogP contribution < -0.4 is 10.0 Å². The molecule has 4 nitrogen and oxygen atoms in total. The summed E-state index contributed by atoms with van der Waals surface area (Å²) in [4.78, 5) is 0.320. The molecule has 1 saturated heterocycles. The lowest BCUT2D eigenvalue weighted by Gasteiger charge is -2.23. The lowest BCUT2D eigenvalue weighted by Crippen LogP contribution is -2.42.